The molecular weight excluding hydrogens is 590 g/mol. The summed E-state index contributed by atoms with van der Waals surface area (Å²) in [7, 11) is 0. The largest absolute Gasteiger partial charge is 0.382 e. The van der Waals surface area contributed by atoms with Crippen LogP contribution in [0.3, 0.4) is 0 Å². The lowest BCUT2D eigenvalue weighted by molar-refractivity contribution is -0.135. The molecule has 1 aromatic carbocycles. The number of unbranched alkanes of at least 4 members (excludes halogenated alkanes) is 3. The summed E-state index contributed by atoms with van der Waals surface area (Å²) in [6.45, 7) is 9.10. The van der Waals surface area contributed by atoms with Crippen molar-refractivity contribution in [3.8, 4) is 0 Å². The summed E-state index contributed by atoms with van der Waals surface area (Å²) in [6, 6.07) is 7.81. The summed E-state index contributed by atoms with van der Waals surface area (Å²) >= 11 is 5.65. The number of aliphatic hydroxyl groups is 1. The standard InChI is InChI=1S/C32H56ClN3O8/c1-26(2)24-29(36-32(39)30(37)28(34)25-27-10-6-5-7-11-27)31(38)35-13-15-41-17-19-43-21-23-44-22-20-42-18-16-40-14-9-4-3-8-12-33/h5-7,10-11,26,28-30,37H,3-4,8-9,12-25,34H2,1-2H3,(H,35,38)(H,36,39)/t28-,29+,30+/m1/s1. The van der Waals surface area contributed by atoms with Crippen LogP contribution in [0.4, 0.5) is 0 Å². The maximum atomic E-state index is 12.7. The van der Waals surface area contributed by atoms with Crippen molar-refractivity contribution >= 4 is 23.4 Å². The third-order valence-corrected chi connectivity index (χ3v) is 6.80. The highest BCUT2D eigenvalue weighted by Gasteiger charge is 2.28. The van der Waals surface area contributed by atoms with Gasteiger partial charge in [0.2, 0.25) is 5.91 Å². The lowest BCUT2D eigenvalue weighted by atomic mass is 10.00. The quantitative estimate of drug-likeness (QED) is 0.0761. The molecular formula is C32H56ClN3O8. The average Bonchev–Trinajstić information content (AvgIpc) is 3.01. The van der Waals surface area contributed by atoms with E-state index in [0.717, 1.165) is 43.7 Å². The molecule has 0 fully saturated rings. The van der Waals surface area contributed by atoms with Gasteiger partial charge in [-0.25, -0.2) is 0 Å². The first-order chi connectivity index (χ1) is 21.3. The molecule has 11 nitrogen and oxygen atoms in total. The van der Waals surface area contributed by atoms with E-state index in [1.807, 2.05) is 44.2 Å². The van der Waals surface area contributed by atoms with Crippen molar-refractivity contribution in [2.24, 2.45) is 11.7 Å². The molecule has 0 aromatic heterocycles. The lowest BCUT2D eigenvalue weighted by Gasteiger charge is -2.24. The number of carbonyl (C=O) groups is 2. The van der Waals surface area contributed by atoms with Gasteiger partial charge < -0.3 is 45.2 Å². The van der Waals surface area contributed by atoms with Crippen LogP contribution in [0.25, 0.3) is 0 Å². The maximum absolute atomic E-state index is 12.7. The van der Waals surface area contributed by atoms with E-state index in [-0.39, 0.29) is 18.4 Å². The number of benzene rings is 1. The van der Waals surface area contributed by atoms with Gasteiger partial charge in [-0.15, -0.1) is 11.6 Å². The predicted octanol–water partition coefficient (Wildman–Crippen LogP) is 2.45. The van der Waals surface area contributed by atoms with Crippen LogP contribution in [0.2, 0.25) is 0 Å². The molecule has 0 aliphatic heterocycles. The molecule has 12 heteroatoms. The summed E-state index contributed by atoms with van der Waals surface area (Å²) in [5, 5.41) is 15.9. The van der Waals surface area contributed by atoms with Crippen molar-refractivity contribution < 1.29 is 38.4 Å². The van der Waals surface area contributed by atoms with Crippen molar-refractivity contribution in [2.75, 3.05) is 78.5 Å². The van der Waals surface area contributed by atoms with E-state index in [4.69, 9.17) is 41.0 Å². The number of hydrogen-bond acceptors (Lipinski definition) is 9. The highest BCUT2D eigenvalue weighted by atomic mass is 35.5. The first-order valence-electron chi connectivity index (χ1n) is 15.9. The Morgan fingerprint density at radius 3 is 1.84 bits per heavy atom. The zero-order valence-corrected chi connectivity index (χ0v) is 27.4. The topological polar surface area (TPSA) is 151 Å². The molecule has 44 heavy (non-hydrogen) atoms. The van der Waals surface area contributed by atoms with Crippen LogP contribution in [0.5, 0.6) is 0 Å². The molecule has 254 valence electrons. The van der Waals surface area contributed by atoms with Crippen LogP contribution in [0.1, 0.15) is 51.5 Å². The molecule has 2 amide bonds. The molecule has 5 N–H and O–H groups in total. The van der Waals surface area contributed by atoms with Gasteiger partial charge in [-0.1, -0.05) is 57.0 Å². The molecule has 1 aromatic rings. The molecule has 0 heterocycles. The highest BCUT2D eigenvalue weighted by molar-refractivity contribution is 6.17. The third-order valence-electron chi connectivity index (χ3n) is 6.53. The molecule has 0 aliphatic carbocycles. The van der Waals surface area contributed by atoms with E-state index in [2.05, 4.69) is 10.6 Å². The van der Waals surface area contributed by atoms with Gasteiger partial charge in [0.05, 0.1) is 59.5 Å². The molecule has 0 spiro atoms. The Morgan fingerprint density at radius 1 is 0.773 bits per heavy atom. The van der Waals surface area contributed by atoms with Gasteiger partial charge in [-0.05, 0) is 37.2 Å². The number of rotatable bonds is 29. The number of ether oxygens (including phenoxy) is 5. The van der Waals surface area contributed by atoms with Crippen LogP contribution in [0, 0.1) is 5.92 Å². The minimum Gasteiger partial charge on any atom is -0.382 e. The van der Waals surface area contributed by atoms with Gasteiger partial charge in [0, 0.05) is 25.1 Å². The van der Waals surface area contributed by atoms with Crippen LogP contribution in [-0.4, -0.2) is 114 Å². The fourth-order valence-corrected chi connectivity index (χ4v) is 4.34. The molecule has 1 rings (SSSR count). The number of hydrogen-bond donors (Lipinski definition) is 4. The molecule has 0 saturated carbocycles. The number of nitrogens with one attached hydrogen (secondary N) is 2. The van der Waals surface area contributed by atoms with Gasteiger partial charge in [0.1, 0.15) is 12.1 Å². The van der Waals surface area contributed by atoms with Crippen LogP contribution < -0.4 is 16.4 Å². The zero-order valence-electron chi connectivity index (χ0n) is 26.7. The Bertz CT molecular complexity index is 837. The SMILES string of the molecule is CC(C)C[C@H](NC(=O)[C@@H](O)[C@H](N)Cc1ccccc1)C(=O)NCCOCCOCCOCCOCCOCCCCCCCl. The zero-order chi connectivity index (χ0) is 32.3. The van der Waals surface area contributed by atoms with Gasteiger partial charge in [0.25, 0.3) is 5.91 Å². The van der Waals surface area contributed by atoms with Crippen molar-refractivity contribution in [3.05, 3.63) is 35.9 Å². The summed E-state index contributed by atoms with van der Waals surface area (Å²) in [6.07, 6.45) is 3.75. The fraction of sp³-hybridized carbons (Fsp3) is 0.750. The van der Waals surface area contributed by atoms with Crippen molar-refractivity contribution in [1.82, 2.24) is 10.6 Å². The summed E-state index contributed by atoms with van der Waals surface area (Å²) in [5.74, 6) is -0.119. The number of carbonyl (C=O) groups excluding carboxylic acids is 2. The Labute approximate surface area is 268 Å². The maximum Gasteiger partial charge on any atom is 0.251 e. The molecule has 0 unspecified atom stereocenters. The first kappa shape index (κ1) is 40.2. The lowest BCUT2D eigenvalue weighted by Crippen LogP contribution is -2.54. The number of aliphatic hydroxyl groups excluding tert-OH is 1. The highest BCUT2D eigenvalue weighted by Crippen LogP contribution is 2.08. The molecule has 0 radical (unpaired) electrons. The number of nitrogens with two attached hydrogens (primary N) is 1. The van der Waals surface area contributed by atoms with Crippen LogP contribution >= 0.6 is 11.6 Å². The second kappa shape index (κ2) is 27.5. The van der Waals surface area contributed by atoms with E-state index in [1.165, 1.54) is 0 Å². The van der Waals surface area contributed by atoms with Crippen molar-refractivity contribution in [2.45, 2.75) is 70.6 Å². The van der Waals surface area contributed by atoms with E-state index < -0.39 is 24.1 Å². The minimum atomic E-state index is -1.43. The third kappa shape index (κ3) is 21.8. The van der Waals surface area contributed by atoms with E-state index in [1.54, 1.807) is 0 Å². The Morgan fingerprint density at radius 2 is 1.30 bits per heavy atom. The van der Waals surface area contributed by atoms with Crippen LogP contribution in [-0.2, 0) is 39.7 Å². The smallest absolute Gasteiger partial charge is 0.251 e. The summed E-state index contributed by atoms with van der Waals surface area (Å²) in [5.41, 5.74) is 6.98. The Balaban J connectivity index is 2.05. The monoisotopic (exact) mass is 645 g/mol. The number of halogens is 1. The molecule has 3 atom stereocenters. The predicted molar refractivity (Wildman–Crippen MR) is 172 cm³/mol. The van der Waals surface area contributed by atoms with Gasteiger partial charge in [0.15, 0.2) is 0 Å². The van der Waals surface area contributed by atoms with Crippen molar-refractivity contribution in [3.63, 3.8) is 0 Å². The summed E-state index contributed by atoms with van der Waals surface area (Å²) < 4.78 is 27.5. The van der Waals surface area contributed by atoms with E-state index in [9.17, 15) is 14.7 Å². The molecule has 0 bridgehead atoms. The normalized spacial score (nSPS) is 13.5. The van der Waals surface area contributed by atoms with E-state index in [0.29, 0.717) is 72.3 Å². The van der Waals surface area contributed by atoms with Gasteiger partial charge >= 0.3 is 0 Å². The first-order valence-corrected chi connectivity index (χ1v) is 16.4. The second-order valence-electron chi connectivity index (χ2n) is 10.9. The van der Waals surface area contributed by atoms with Crippen molar-refractivity contribution in [1.29, 1.82) is 0 Å². The summed E-state index contributed by atoms with van der Waals surface area (Å²) in [4.78, 5) is 25.4. The Kier molecular flexibility index (Phi) is 25.1. The minimum absolute atomic E-state index is 0.150. The fourth-order valence-electron chi connectivity index (χ4n) is 4.16. The van der Waals surface area contributed by atoms with E-state index >= 15 is 0 Å². The van der Waals surface area contributed by atoms with Crippen LogP contribution in [0.15, 0.2) is 30.3 Å². The number of alkyl halides is 1. The Hall–Kier alpha value is -1.83. The van der Waals surface area contributed by atoms with Gasteiger partial charge in [-0.3, -0.25) is 9.59 Å². The van der Waals surface area contributed by atoms with Gasteiger partial charge in [-0.2, -0.15) is 0 Å². The molecule has 0 saturated heterocycles. The number of amides is 2. The molecule has 0 aliphatic rings. The second-order valence-corrected chi connectivity index (χ2v) is 11.3. The average molecular weight is 646 g/mol.